The number of hydrogen-bond acceptors (Lipinski definition) is 1. The maximum Gasteiger partial charge on any atom is 0.145 e. The van der Waals surface area contributed by atoms with E-state index in [1.165, 1.54) is 0 Å². The molecular formula is C8H15IO. The minimum absolute atomic E-state index is 0.149. The van der Waals surface area contributed by atoms with Gasteiger partial charge in [-0.15, -0.1) is 0 Å². The second-order valence-corrected chi connectivity index (χ2v) is 5.69. The SMILES string of the molecule is CC(I)C(=O)CC(C)(C)C. The molecule has 0 aromatic rings. The van der Waals surface area contributed by atoms with Gasteiger partial charge in [0.15, 0.2) is 0 Å². The summed E-state index contributed by atoms with van der Waals surface area (Å²) < 4.78 is 0.164. The van der Waals surface area contributed by atoms with E-state index in [4.69, 9.17) is 0 Å². The second-order valence-electron chi connectivity index (χ2n) is 3.82. The van der Waals surface area contributed by atoms with Gasteiger partial charge in [0.2, 0.25) is 0 Å². The standard InChI is InChI=1S/C8H15IO/c1-6(9)7(10)5-8(2,3)4/h6H,5H2,1-4H3. The van der Waals surface area contributed by atoms with Crippen LogP contribution in [0.15, 0.2) is 0 Å². The van der Waals surface area contributed by atoms with Crippen LogP contribution >= 0.6 is 22.6 Å². The second kappa shape index (κ2) is 3.69. The molecule has 0 rings (SSSR count). The Balaban J connectivity index is 3.81. The zero-order valence-electron chi connectivity index (χ0n) is 7.07. The first-order valence-electron chi connectivity index (χ1n) is 3.50. The molecular weight excluding hydrogens is 239 g/mol. The Hall–Kier alpha value is 0.400. The predicted octanol–water partition coefficient (Wildman–Crippen LogP) is 2.82. The van der Waals surface area contributed by atoms with Crippen LogP contribution in [0.4, 0.5) is 0 Å². The zero-order valence-corrected chi connectivity index (χ0v) is 9.23. The topological polar surface area (TPSA) is 17.1 Å². The molecule has 0 aromatic heterocycles. The van der Waals surface area contributed by atoms with Crippen LogP contribution in [-0.4, -0.2) is 9.71 Å². The molecule has 0 radical (unpaired) electrons. The Morgan fingerprint density at radius 2 is 1.90 bits per heavy atom. The highest BCUT2D eigenvalue weighted by Gasteiger charge is 2.18. The Kier molecular flexibility index (Phi) is 3.84. The van der Waals surface area contributed by atoms with Crippen LogP contribution in [0.3, 0.4) is 0 Å². The number of halogens is 1. The number of rotatable bonds is 2. The van der Waals surface area contributed by atoms with E-state index in [1.807, 2.05) is 6.92 Å². The fraction of sp³-hybridized carbons (Fsp3) is 0.875. The lowest BCUT2D eigenvalue weighted by Gasteiger charge is -2.17. The zero-order chi connectivity index (χ0) is 8.36. The summed E-state index contributed by atoms with van der Waals surface area (Å²) in [6.45, 7) is 8.20. The minimum atomic E-state index is 0.149. The fourth-order valence-corrected chi connectivity index (χ4v) is 0.884. The molecule has 0 aliphatic carbocycles. The summed E-state index contributed by atoms with van der Waals surface area (Å²) in [5.41, 5.74) is 0.149. The van der Waals surface area contributed by atoms with Gasteiger partial charge in [-0.25, -0.2) is 0 Å². The van der Waals surface area contributed by atoms with Gasteiger partial charge in [-0.2, -0.15) is 0 Å². The van der Waals surface area contributed by atoms with Gasteiger partial charge in [-0.05, 0) is 12.3 Å². The summed E-state index contributed by atoms with van der Waals surface area (Å²) in [5, 5.41) is 0. The maximum absolute atomic E-state index is 11.2. The molecule has 0 N–H and O–H groups in total. The van der Waals surface area contributed by atoms with E-state index in [0.29, 0.717) is 12.2 Å². The van der Waals surface area contributed by atoms with E-state index in [1.54, 1.807) is 0 Å². The first-order valence-corrected chi connectivity index (χ1v) is 4.74. The van der Waals surface area contributed by atoms with Crippen LogP contribution < -0.4 is 0 Å². The molecule has 2 heteroatoms. The third kappa shape index (κ3) is 5.21. The summed E-state index contributed by atoms with van der Waals surface area (Å²) in [6.07, 6.45) is 0.692. The van der Waals surface area contributed by atoms with Crippen molar-refractivity contribution in [3.05, 3.63) is 0 Å². The van der Waals surface area contributed by atoms with Crippen molar-refractivity contribution in [1.29, 1.82) is 0 Å². The highest BCUT2D eigenvalue weighted by Crippen LogP contribution is 2.21. The number of Topliss-reactive ketones (excluding diaryl/α,β-unsaturated/α-hetero) is 1. The summed E-state index contributed by atoms with van der Waals surface area (Å²) >= 11 is 2.16. The van der Waals surface area contributed by atoms with Gasteiger partial charge >= 0.3 is 0 Å². The number of hydrogen-bond donors (Lipinski definition) is 0. The average Bonchev–Trinajstić information content (AvgIpc) is 1.60. The minimum Gasteiger partial charge on any atom is -0.299 e. The smallest absolute Gasteiger partial charge is 0.145 e. The van der Waals surface area contributed by atoms with E-state index in [2.05, 4.69) is 43.4 Å². The van der Waals surface area contributed by atoms with Crippen LogP contribution in [0.5, 0.6) is 0 Å². The summed E-state index contributed by atoms with van der Waals surface area (Å²) in [7, 11) is 0. The van der Waals surface area contributed by atoms with Crippen molar-refractivity contribution in [2.24, 2.45) is 5.41 Å². The van der Waals surface area contributed by atoms with Crippen LogP contribution in [0, 0.1) is 5.41 Å². The van der Waals surface area contributed by atoms with E-state index in [-0.39, 0.29) is 9.34 Å². The summed E-state index contributed by atoms with van der Waals surface area (Å²) in [5.74, 6) is 0.355. The maximum atomic E-state index is 11.2. The van der Waals surface area contributed by atoms with Crippen molar-refractivity contribution in [3.8, 4) is 0 Å². The lowest BCUT2D eigenvalue weighted by molar-refractivity contribution is -0.119. The molecule has 1 unspecified atom stereocenters. The van der Waals surface area contributed by atoms with Gasteiger partial charge in [0.1, 0.15) is 5.78 Å². The predicted molar refractivity (Wildman–Crippen MR) is 52.6 cm³/mol. The van der Waals surface area contributed by atoms with Crippen LogP contribution in [0.2, 0.25) is 0 Å². The Labute approximate surface area is 76.7 Å². The number of alkyl halides is 1. The molecule has 0 heterocycles. The van der Waals surface area contributed by atoms with E-state index >= 15 is 0 Å². The van der Waals surface area contributed by atoms with Crippen LogP contribution in [0.25, 0.3) is 0 Å². The quantitative estimate of drug-likeness (QED) is 0.547. The van der Waals surface area contributed by atoms with Crippen molar-refractivity contribution >= 4 is 28.4 Å². The molecule has 10 heavy (non-hydrogen) atoms. The third-order valence-electron chi connectivity index (χ3n) is 1.15. The van der Waals surface area contributed by atoms with Gasteiger partial charge in [-0.1, -0.05) is 43.4 Å². The molecule has 60 valence electrons. The number of carbonyl (C=O) groups is 1. The molecule has 0 fully saturated rings. The summed E-state index contributed by atoms with van der Waals surface area (Å²) in [4.78, 5) is 11.2. The van der Waals surface area contributed by atoms with Gasteiger partial charge in [0.25, 0.3) is 0 Å². The fourth-order valence-electron chi connectivity index (χ4n) is 0.663. The van der Waals surface area contributed by atoms with Gasteiger partial charge in [-0.3, -0.25) is 4.79 Å². The molecule has 0 aliphatic rings. The van der Waals surface area contributed by atoms with Crippen molar-refractivity contribution in [2.75, 3.05) is 0 Å². The van der Waals surface area contributed by atoms with Gasteiger partial charge in [0, 0.05) is 6.42 Å². The Bertz CT molecular complexity index is 122. The number of carbonyl (C=O) groups excluding carboxylic acids is 1. The average molecular weight is 254 g/mol. The highest BCUT2D eigenvalue weighted by molar-refractivity contribution is 14.1. The molecule has 0 saturated carbocycles. The Morgan fingerprint density at radius 1 is 1.50 bits per heavy atom. The Morgan fingerprint density at radius 3 is 2.00 bits per heavy atom. The van der Waals surface area contributed by atoms with Crippen LogP contribution in [0.1, 0.15) is 34.1 Å². The van der Waals surface area contributed by atoms with Gasteiger partial charge < -0.3 is 0 Å². The van der Waals surface area contributed by atoms with E-state index < -0.39 is 0 Å². The number of ketones is 1. The lowest BCUT2D eigenvalue weighted by atomic mass is 9.89. The molecule has 1 atom stereocenters. The van der Waals surface area contributed by atoms with Gasteiger partial charge in [0.05, 0.1) is 3.92 Å². The summed E-state index contributed by atoms with van der Waals surface area (Å²) in [6, 6.07) is 0. The van der Waals surface area contributed by atoms with Crippen molar-refractivity contribution in [1.82, 2.24) is 0 Å². The first kappa shape index (κ1) is 10.4. The van der Waals surface area contributed by atoms with E-state index in [9.17, 15) is 4.79 Å². The lowest BCUT2D eigenvalue weighted by Crippen LogP contribution is -2.18. The van der Waals surface area contributed by atoms with Crippen molar-refractivity contribution < 1.29 is 4.79 Å². The normalized spacial score (nSPS) is 14.9. The van der Waals surface area contributed by atoms with Crippen LogP contribution in [-0.2, 0) is 4.79 Å². The molecule has 0 amide bonds. The monoisotopic (exact) mass is 254 g/mol. The molecule has 0 aromatic carbocycles. The first-order chi connectivity index (χ1) is 4.33. The van der Waals surface area contributed by atoms with Crippen molar-refractivity contribution in [2.45, 2.75) is 38.0 Å². The van der Waals surface area contributed by atoms with Crippen molar-refractivity contribution in [3.63, 3.8) is 0 Å². The molecule has 0 saturated heterocycles. The molecule has 0 bridgehead atoms. The third-order valence-corrected chi connectivity index (χ3v) is 1.84. The molecule has 1 nitrogen and oxygen atoms in total. The highest BCUT2D eigenvalue weighted by atomic mass is 127. The largest absolute Gasteiger partial charge is 0.299 e. The molecule has 0 spiro atoms. The molecule has 0 aliphatic heterocycles. The van der Waals surface area contributed by atoms with E-state index in [0.717, 1.165) is 0 Å².